The van der Waals surface area contributed by atoms with Gasteiger partial charge >= 0.3 is 0 Å². The van der Waals surface area contributed by atoms with Crippen molar-refractivity contribution in [2.24, 2.45) is 0 Å². The van der Waals surface area contributed by atoms with Crippen LogP contribution in [0.25, 0.3) is 11.3 Å². The summed E-state index contributed by atoms with van der Waals surface area (Å²) in [5, 5.41) is 8.81. The maximum absolute atomic E-state index is 4.53. The predicted octanol–water partition coefficient (Wildman–Crippen LogP) is 5.55. The van der Waals surface area contributed by atoms with Crippen molar-refractivity contribution in [1.82, 2.24) is 4.98 Å². The molecule has 0 aliphatic heterocycles. The molecular weight excluding hydrogens is 352 g/mol. The molecule has 0 atom stereocenters. The molecule has 0 aliphatic rings. The van der Waals surface area contributed by atoms with Crippen LogP contribution in [0, 0.1) is 6.92 Å². The molecule has 2 nitrogen and oxygen atoms in total. The van der Waals surface area contributed by atoms with Crippen LogP contribution in [0.3, 0.4) is 0 Å². The van der Waals surface area contributed by atoms with Gasteiger partial charge in [0.25, 0.3) is 0 Å². The summed E-state index contributed by atoms with van der Waals surface area (Å²) in [5.41, 5.74) is 4.62. The molecule has 3 rings (SSSR count). The Kier molecular flexibility index (Phi) is 4.19. The summed E-state index contributed by atoms with van der Waals surface area (Å²) < 4.78 is 1.17. The Morgan fingerprint density at radius 3 is 2.80 bits per heavy atom. The molecule has 2 heterocycles. The number of thiophene rings is 1. The molecule has 102 valence electrons. The van der Waals surface area contributed by atoms with Crippen LogP contribution in [0.2, 0.25) is 0 Å². The third-order valence-corrected chi connectivity index (χ3v) is 5.22. The Hall–Kier alpha value is -1.17. The largest absolute Gasteiger partial charge is 0.381 e. The van der Waals surface area contributed by atoms with E-state index in [1.54, 1.807) is 22.7 Å². The van der Waals surface area contributed by atoms with Crippen LogP contribution in [0.4, 0.5) is 5.69 Å². The Bertz CT molecular complexity index is 718. The molecule has 3 aromatic rings. The fourth-order valence-corrected chi connectivity index (χ4v) is 3.76. The minimum Gasteiger partial charge on any atom is -0.381 e. The van der Waals surface area contributed by atoms with E-state index < -0.39 is 0 Å². The van der Waals surface area contributed by atoms with Gasteiger partial charge in [-0.05, 0) is 52.0 Å². The average Bonchev–Trinajstić information content (AvgIpc) is 3.06. The van der Waals surface area contributed by atoms with Crippen LogP contribution < -0.4 is 5.32 Å². The third-order valence-electron chi connectivity index (χ3n) is 2.90. The van der Waals surface area contributed by atoms with Gasteiger partial charge in [0, 0.05) is 23.2 Å². The highest BCUT2D eigenvalue weighted by Gasteiger charge is 2.03. The quantitative estimate of drug-likeness (QED) is 0.655. The van der Waals surface area contributed by atoms with Gasteiger partial charge in [-0.1, -0.05) is 12.1 Å². The SMILES string of the molecule is Cc1nc(-c2cccc(NCc3csc(Br)c3)c2)cs1. The van der Waals surface area contributed by atoms with Gasteiger partial charge in [0.1, 0.15) is 0 Å². The molecule has 1 N–H and O–H groups in total. The van der Waals surface area contributed by atoms with E-state index in [1.807, 2.05) is 6.92 Å². The molecular formula is C15H13BrN2S2. The molecule has 0 radical (unpaired) electrons. The van der Waals surface area contributed by atoms with Crippen molar-refractivity contribution in [1.29, 1.82) is 0 Å². The average molecular weight is 365 g/mol. The molecule has 0 spiro atoms. The van der Waals surface area contributed by atoms with Gasteiger partial charge in [-0.2, -0.15) is 0 Å². The molecule has 0 bridgehead atoms. The maximum Gasteiger partial charge on any atom is 0.0901 e. The minimum atomic E-state index is 0.835. The van der Waals surface area contributed by atoms with E-state index in [0.29, 0.717) is 0 Å². The standard InChI is InChI=1S/C15H13BrN2S2/c1-10-18-14(9-19-10)12-3-2-4-13(6-12)17-7-11-5-15(16)20-8-11/h2-6,8-9,17H,7H2,1H3. The number of halogens is 1. The zero-order valence-electron chi connectivity index (χ0n) is 10.9. The molecule has 2 aromatic heterocycles. The highest BCUT2D eigenvalue weighted by Crippen LogP contribution is 2.25. The van der Waals surface area contributed by atoms with Crippen molar-refractivity contribution < 1.29 is 0 Å². The van der Waals surface area contributed by atoms with E-state index in [0.717, 1.165) is 28.5 Å². The van der Waals surface area contributed by atoms with Crippen LogP contribution in [0.5, 0.6) is 0 Å². The van der Waals surface area contributed by atoms with Crippen molar-refractivity contribution in [2.75, 3.05) is 5.32 Å². The smallest absolute Gasteiger partial charge is 0.0901 e. The first kappa shape index (κ1) is 13.8. The number of rotatable bonds is 4. The lowest BCUT2D eigenvalue weighted by Crippen LogP contribution is -1.97. The van der Waals surface area contributed by atoms with Crippen molar-refractivity contribution >= 4 is 44.3 Å². The van der Waals surface area contributed by atoms with Crippen molar-refractivity contribution in [3.63, 3.8) is 0 Å². The summed E-state index contributed by atoms with van der Waals surface area (Å²) in [7, 11) is 0. The molecule has 0 amide bonds. The first-order valence-corrected chi connectivity index (χ1v) is 8.75. The summed E-state index contributed by atoms with van der Waals surface area (Å²) in [6.45, 7) is 2.87. The van der Waals surface area contributed by atoms with Crippen molar-refractivity contribution in [3.05, 3.63) is 55.4 Å². The normalized spacial score (nSPS) is 10.7. The lowest BCUT2D eigenvalue weighted by molar-refractivity contribution is 1.16. The molecule has 1 aromatic carbocycles. The highest BCUT2D eigenvalue weighted by molar-refractivity contribution is 9.11. The molecule has 5 heteroatoms. The number of nitrogens with one attached hydrogen (secondary N) is 1. The summed E-state index contributed by atoms with van der Waals surface area (Å²) in [6, 6.07) is 10.5. The Morgan fingerprint density at radius 1 is 1.20 bits per heavy atom. The molecule has 0 aliphatic carbocycles. The zero-order valence-corrected chi connectivity index (χ0v) is 14.1. The summed E-state index contributed by atoms with van der Waals surface area (Å²) >= 11 is 6.88. The number of nitrogens with zero attached hydrogens (tertiary/aromatic N) is 1. The highest BCUT2D eigenvalue weighted by atomic mass is 79.9. The first-order valence-electron chi connectivity index (χ1n) is 6.20. The van der Waals surface area contributed by atoms with Gasteiger partial charge in [0.05, 0.1) is 14.5 Å². The van der Waals surface area contributed by atoms with Crippen molar-refractivity contribution in [3.8, 4) is 11.3 Å². The summed E-state index contributed by atoms with van der Waals surface area (Å²) in [5.74, 6) is 0. The van der Waals surface area contributed by atoms with Crippen molar-refractivity contribution in [2.45, 2.75) is 13.5 Å². The van der Waals surface area contributed by atoms with Crippen LogP contribution in [0.15, 0.2) is 44.9 Å². The number of aryl methyl sites for hydroxylation is 1. The van der Waals surface area contributed by atoms with Crippen LogP contribution in [0.1, 0.15) is 10.6 Å². The number of anilines is 1. The fraction of sp³-hybridized carbons (Fsp3) is 0.133. The monoisotopic (exact) mass is 364 g/mol. The Labute approximate surface area is 134 Å². The van der Waals surface area contributed by atoms with Crippen LogP contribution in [-0.4, -0.2) is 4.98 Å². The summed E-state index contributed by atoms with van der Waals surface area (Å²) in [4.78, 5) is 4.53. The number of aromatic nitrogens is 1. The van der Waals surface area contributed by atoms with E-state index in [4.69, 9.17) is 0 Å². The molecule has 0 saturated carbocycles. The van der Waals surface area contributed by atoms with Gasteiger partial charge in [-0.15, -0.1) is 22.7 Å². The minimum absolute atomic E-state index is 0.835. The third kappa shape index (κ3) is 3.29. The van der Waals surface area contributed by atoms with Gasteiger partial charge in [-0.25, -0.2) is 4.98 Å². The molecule has 0 unspecified atom stereocenters. The Balaban J connectivity index is 1.74. The zero-order chi connectivity index (χ0) is 13.9. The van der Waals surface area contributed by atoms with Gasteiger partial charge in [0.15, 0.2) is 0 Å². The number of thiazole rings is 1. The predicted molar refractivity (Wildman–Crippen MR) is 91.6 cm³/mol. The van der Waals surface area contributed by atoms with E-state index in [9.17, 15) is 0 Å². The van der Waals surface area contributed by atoms with Crippen LogP contribution >= 0.6 is 38.6 Å². The van der Waals surface area contributed by atoms with Gasteiger partial charge < -0.3 is 5.32 Å². The first-order chi connectivity index (χ1) is 9.70. The lowest BCUT2D eigenvalue weighted by atomic mass is 10.1. The second-order valence-electron chi connectivity index (χ2n) is 4.45. The molecule has 20 heavy (non-hydrogen) atoms. The number of benzene rings is 1. The van der Waals surface area contributed by atoms with E-state index >= 15 is 0 Å². The van der Waals surface area contributed by atoms with E-state index in [2.05, 4.69) is 67.3 Å². The second-order valence-corrected chi connectivity index (χ2v) is 7.80. The number of hydrogen-bond donors (Lipinski definition) is 1. The summed E-state index contributed by atoms with van der Waals surface area (Å²) in [6.07, 6.45) is 0. The second kappa shape index (κ2) is 6.08. The molecule has 0 fully saturated rings. The Morgan fingerprint density at radius 2 is 2.10 bits per heavy atom. The maximum atomic E-state index is 4.53. The topological polar surface area (TPSA) is 24.9 Å². The number of hydrogen-bond acceptors (Lipinski definition) is 4. The van der Waals surface area contributed by atoms with Gasteiger partial charge in [-0.3, -0.25) is 0 Å². The fourth-order valence-electron chi connectivity index (χ4n) is 1.93. The lowest BCUT2D eigenvalue weighted by Gasteiger charge is -2.06. The van der Waals surface area contributed by atoms with E-state index in [1.165, 1.54) is 9.35 Å². The van der Waals surface area contributed by atoms with E-state index in [-0.39, 0.29) is 0 Å². The van der Waals surface area contributed by atoms with Gasteiger partial charge in [0.2, 0.25) is 0 Å². The van der Waals surface area contributed by atoms with Crippen LogP contribution in [-0.2, 0) is 6.54 Å². The molecule has 0 saturated heterocycles.